The third kappa shape index (κ3) is 4.75. The van der Waals surface area contributed by atoms with Crippen LogP contribution < -0.4 is 0 Å². The van der Waals surface area contributed by atoms with Crippen molar-refractivity contribution >= 4 is 15.9 Å². The van der Waals surface area contributed by atoms with Crippen LogP contribution in [0.15, 0.2) is 17.0 Å². The average molecular weight is 435 g/mol. The van der Waals surface area contributed by atoms with Crippen molar-refractivity contribution in [3.05, 3.63) is 28.8 Å². The molecular formula is C24H38N2O3S. The topological polar surface area (TPSA) is 57.7 Å². The second kappa shape index (κ2) is 8.62. The predicted molar refractivity (Wildman–Crippen MR) is 121 cm³/mol. The Hall–Kier alpha value is -1.40. The van der Waals surface area contributed by atoms with Crippen molar-refractivity contribution < 1.29 is 13.2 Å². The number of hydrogen-bond donors (Lipinski definition) is 0. The minimum absolute atomic E-state index is 0.105. The highest BCUT2D eigenvalue weighted by atomic mass is 32.2. The summed E-state index contributed by atoms with van der Waals surface area (Å²) in [4.78, 5) is 15.4. The molecule has 5 nitrogen and oxygen atoms in total. The molecule has 0 aromatic heterocycles. The molecule has 0 spiro atoms. The van der Waals surface area contributed by atoms with Crippen LogP contribution in [0.2, 0.25) is 0 Å². The smallest absolute Gasteiger partial charge is 0.243 e. The van der Waals surface area contributed by atoms with Gasteiger partial charge in [-0.2, -0.15) is 4.31 Å². The maximum atomic E-state index is 13.3. The van der Waals surface area contributed by atoms with Gasteiger partial charge in [-0.15, -0.1) is 0 Å². The van der Waals surface area contributed by atoms with E-state index in [1.807, 2.05) is 37.8 Å². The lowest BCUT2D eigenvalue weighted by molar-refractivity contribution is -0.138. The van der Waals surface area contributed by atoms with Crippen molar-refractivity contribution in [3.8, 4) is 0 Å². The number of aryl methyl sites for hydroxylation is 3. The molecule has 0 radical (unpaired) electrons. The lowest BCUT2D eigenvalue weighted by Crippen LogP contribution is -2.52. The van der Waals surface area contributed by atoms with Gasteiger partial charge in [0, 0.05) is 32.1 Å². The van der Waals surface area contributed by atoms with E-state index >= 15 is 0 Å². The van der Waals surface area contributed by atoms with Gasteiger partial charge in [0.15, 0.2) is 0 Å². The molecule has 30 heavy (non-hydrogen) atoms. The first kappa shape index (κ1) is 23.3. The van der Waals surface area contributed by atoms with E-state index in [0.29, 0.717) is 42.4 Å². The van der Waals surface area contributed by atoms with Gasteiger partial charge in [0.05, 0.1) is 4.90 Å². The molecular weight excluding hydrogens is 396 g/mol. The summed E-state index contributed by atoms with van der Waals surface area (Å²) in [7, 11) is -3.54. The summed E-state index contributed by atoms with van der Waals surface area (Å²) in [6.45, 7) is 14.3. The molecule has 1 saturated carbocycles. The minimum atomic E-state index is -3.54. The van der Waals surface area contributed by atoms with Gasteiger partial charge >= 0.3 is 0 Å². The number of benzene rings is 1. The summed E-state index contributed by atoms with van der Waals surface area (Å²) in [5.74, 6) is 1.01. The molecule has 168 valence electrons. The van der Waals surface area contributed by atoms with E-state index in [9.17, 15) is 13.2 Å². The fourth-order valence-corrected chi connectivity index (χ4v) is 7.15. The van der Waals surface area contributed by atoms with Crippen LogP contribution in [0.5, 0.6) is 0 Å². The van der Waals surface area contributed by atoms with Gasteiger partial charge < -0.3 is 4.90 Å². The van der Waals surface area contributed by atoms with Crippen LogP contribution in [-0.2, 0) is 14.8 Å². The van der Waals surface area contributed by atoms with Crippen LogP contribution in [0, 0.1) is 38.0 Å². The molecule has 1 saturated heterocycles. The standard InChI is InChI=1S/C24H38N2O3S/c1-17-15-18(2)22(19(3)16-17)30(28,29)26-13-11-25(12-14-26)23(27)20-7-9-21(10-8-20)24(4,5)6/h15-16,20-21H,7-14H2,1-6H3. The van der Waals surface area contributed by atoms with Crippen LogP contribution in [0.1, 0.15) is 63.1 Å². The number of nitrogens with zero attached hydrogens (tertiary/aromatic N) is 2. The van der Waals surface area contributed by atoms with Gasteiger partial charge in [-0.25, -0.2) is 8.42 Å². The Balaban J connectivity index is 1.62. The molecule has 0 atom stereocenters. The molecule has 1 amide bonds. The highest BCUT2D eigenvalue weighted by molar-refractivity contribution is 7.89. The van der Waals surface area contributed by atoms with Gasteiger partial charge in [-0.3, -0.25) is 4.79 Å². The Morgan fingerprint density at radius 1 is 0.900 bits per heavy atom. The monoisotopic (exact) mass is 434 g/mol. The van der Waals surface area contributed by atoms with Crippen molar-refractivity contribution in [1.29, 1.82) is 0 Å². The SMILES string of the molecule is Cc1cc(C)c(S(=O)(=O)N2CCN(C(=O)C3CCC(C(C)(C)C)CC3)CC2)c(C)c1. The average Bonchev–Trinajstić information content (AvgIpc) is 2.66. The van der Waals surface area contributed by atoms with E-state index in [1.54, 1.807) is 4.31 Å². The number of hydrogen-bond acceptors (Lipinski definition) is 3. The molecule has 1 aromatic carbocycles. The number of rotatable bonds is 3. The molecule has 6 heteroatoms. The molecule has 0 bridgehead atoms. The van der Waals surface area contributed by atoms with Crippen LogP contribution in [0.25, 0.3) is 0 Å². The van der Waals surface area contributed by atoms with Gasteiger partial charge in [0.2, 0.25) is 15.9 Å². The van der Waals surface area contributed by atoms with Crippen LogP contribution in [-0.4, -0.2) is 49.7 Å². The summed E-state index contributed by atoms with van der Waals surface area (Å²) in [5.41, 5.74) is 2.96. The number of carbonyl (C=O) groups is 1. The molecule has 3 rings (SSSR count). The zero-order valence-corrected chi connectivity index (χ0v) is 20.3. The van der Waals surface area contributed by atoms with Crippen LogP contribution in [0.4, 0.5) is 0 Å². The first-order chi connectivity index (χ1) is 13.9. The quantitative estimate of drug-likeness (QED) is 0.713. The third-order valence-corrected chi connectivity index (χ3v) is 9.26. The number of piperazine rings is 1. The Morgan fingerprint density at radius 3 is 1.87 bits per heavy atom. The van der Waals surface area contributed by atoms with E-state index < -0.39 is 10.0 Å². The Bertz CT molecular complexity index is 863. The molecule has 2 fully saturated rings. The Morgan fingerprint density at radius 2 is 1.40 bits per heavy atom. The summed E-state index contributed by atoms with van der Waals surface area (Å²) in [6, 6.07) is 3.85. The first-order valence-electron chi connectivity index (χ1n) is 11.3. The Kier molecular flexibility index (Phi) is 6.68. The van der Waals surface area contributed by atoms with E-state index in [-0.39, 0.29) is 11.8 Å². The number of amides is 1. The lowest BCUT2D eigenvalue weighted by atomic mass is 9.69. The Labute approximate surface area is 182 Å². The maximum Gasteiger partial charge on any atom is 0.243 e. The van der Waals surface area contributed by atoms with E-state index in [0.717, 1.165) is 42.4 Å². The zero-order valence-electron chi connectivity index (χ0n) is 19.5. The van der Waals surface area contributed by atoms with E-state index in [2.05, 4.69) is 20.8 Å². The van der Waals surface area contributed by atoms with Crippen molar-refractivity contribution in [2.24, 2.45) is 17.3 Å². The first-order valence-corrected chi connectivity index (χ1v) is 12.7. The molecule has 1 aliphatic carbocycles. The zero-order chi connectivity index (χ0) is 22.3. The maximum absolute atomic E-state index is 13.3. The van der Waals surface area contributed by atoms with E-state index in [4.69, 9.17) is 0 Å². The van der Waals surface area contributed by atoms with Crippen molar-refractivity contribution in [1.82, 2.24) is 9.21 Å². The summed E-state index contributed by atoms with van der Waals surface area (Å²) < 4.78 is 28.1. The van der Waals surface area contributed by atoms with E-state index in [1.165, 1.54) is 0 Å². The molecule has 0 unspecified atom stereocenters. The molecule has 1 aliphatic heterocycles. The predicted octanol–water partition coefficient (Wildman–Crippen LogP) is 4.30. The minimum Gasteiger partial charge on any atom is -0.340 e. The highest BCUT2D eigenvalue weighted by Crippen LogP contribution is 2.40. The fraction of sp³-hybridized carbons (Fsp3) is 0.708. The summed E-state index contributed by atoms with van der Waals surface area (Å²) in [5, 5.41) is 0. The van der Waals surface area contributed by atoms with Crippen LogP contribution >= 0.6 is 0 Å². The van der Waals surface area contributed by atoms with Gasteiger partial charge in [-0.05, 0) is 68.9 Å². The number of sulfonamides is 1. The van der Waals surface area contributed by atoms with Gasteiger partial charge in [0.1, 0.15) is 0 Å². The second-order valence-corrected chi connectivity index (χ2v) is 12.2. The number of carbonyl (C=O) groups excluding carboxylic acids is 1. The molecule has 1 heterocycles. The summed E-state index contributed by atoms with van der Waals surface area (Å²) >= 11 is 0. The van der Waals surface area contributed by atoms with Crippen molar-refractivity contribution in [3.63, 3.8) is 0 Å². The normalized spacial score (nSPS) is 24.1. The molecule has 2 aliphatic rings. The molecule has 0 N–H and O–H groups in total. The van der Waals surface area contributed by atoms with Crippen molar-refractivity contribution in [2.45, 2.75) is 72.1 Å². The summed E-state index contributed by atoms with van der Waals surface area (Å²) in [6.07, 6.45) is 4.14. The molecule has 1 aromatic rings. The largest absolute Gasteiger partial charge is 0.340 e. The van der Waals surface area contributed by atoms with Crippen LogP contribution in [0.3, 0.4) is 0 Å². The van der Waals surface area contributed by atoms with Gasteiger partial charge in [-0.1, -0.05) is 38.5 Å². The highest BCUT2D eigenvalue weighted by Gasteiger charge is 2.37. The lowest BCUT2D eigenvalue weighted by Gasteiger charge is -2.40. The fourth-order valence-electron chi connectivity index (χ4n) is 5.32. The van der Waals surface area contributed by atoms with Crippen molar-refractivity contribution in [2.75, 3.05) is 26.2 Å². The second-order valence-electron chi connectivity index (χ2n) is 10.4. The third-order valence-electron chi connectivity index (χ3n) is 7.05. The van der Waals surface area contributed by atoms with Gasteiger partial charge in [0.25, 0.3) is 0 Å².